The third-order valence-electron chi connectivity index (χ3n) is 4.60. The summed E-state index contributed by atoms with van der Waals surface area (Å²) >= 11 is 0. The molecule has 106 valence electrons. The Balaban J connectivity index is 1.96. The Labute approximate surface area is 117 Å². The van der Waals surface area contributed by atoms with Crippen molar-refractivity contribution in [1.82, 2.24) is 5.43 Å². The lowest BCUT2D eigenvalue weighted by Crippen LogP contribution is -2.43. The highest BCUT2D eigenvalue weighted by Gasteiger charge is 2.30. The number of hydrogen-bond acceptors (Lipinski definition) is 2. The second kappa shape index (κ2) is 7.06. The van der Waals surface area contributed by atoms with Crippen LogP contribution < -0.4 is 11.3 Å². The number of rotatable bonds is 8. The standard InChI is InChI=1S/C17H28N2/c1-3-7-13(8-4-2)17(19-18)12-15-11-14-9-5-6-10-16(14)15/h5-6,9-10,13,15,17,19H,3-4,7-8,11-12,18H2,1-2H3. The van der Waals surface area contributed by atoms with Crippen molar-refractivity contribution in [3.63, 3.8) is 0 Å². The van der Waals surface area contributed by atoms with Crippen molar-refractivity contribution < 1.29 is 0 Å². The van der Waals surface area contributed by atoms with Crippen LogP contribution >= 0.6 is 0 Å². The van der Waals surface area contributed by atoms with Gasteiger partial charge in [-0.2, -0.15) is 0 Å². The maximum atomic E-state index is 5.83. The van der Waals surface area contributed by atoms with Gasteiger partial charge in [0.1, 0.15) is 0 Å². The van der Waals surface area contributed by atoms with Crippen LogP contribution in [0.5, 0.6) is 0 Å². The van der Waals surface area contributed by atoms with Gasteiger partial charge in [0.25, 0.3) is 0 Å². The predicted octanol–water partition coefficient (Wildman–Crippen LogP) is 3.76. The molecule has 1 aliphatic carbocycles. The third kappa shape index (κ3) is 3.37. The third-order valence-corrected chi connectivity index (χ3v) is 4.60. The molecular formula is C17H28N2. The average Bonchev–Trinajstić information content (AvgIpc) is 2.40. The van der Waals surface area contributed by atoms with Crippen molar-refractivity contribution in [2.24, 2.45) is 11.8 Å². The molecule has 19 heavy (non-hydrogen) atoms. The molecule has 1 aromatic carbocycles. The minimum atomic E-state index is 0.471. The second-order valence-electron chi connectivity index (χ2n) is 5.95. The van der Waals surface area contributed by atoms with Crippen LogP contribution in [-0.4, -0.2) is 6.04 Å². The fourth-order valence-electron chi connectivity index (χ4n) is 3.56. The summed E-state index contributed by atoms with van der Waals surface area (Å²) in [6.45, 7) is 4.55. The van der Waals surface area contributed by atoms with E-state index in [1.54, 1.807) is 5.56 Å². The van der Waals surface area contributed by atoms with Crippen LogP contribution in [0, 0.1) is 5.92 Å². The van der Waals surface area contributed by atoms with E-state index in [4.69, 9.17) is 5.84 Å². The average molecular weight is 260 g/mol. The van der Waals surface area contributed by atoms with Gasteiger partial charge in [0, 0.05) is 6.04 Å². The molecule has 2 heteroatoms. The van der Waals surface area contributed by atoms with Crippen LogP contribution in [-0.2, 0) is 6.42 Å². The molecule has 2 atom stereocenters. The first-order valence-electron chi connectivity index (χ1n) is 7.84. The molecular weight excluding hydrogens is 232 g/mol. The maximum absolute atomic E-state index is 5.83. The van der Waals surface area contributed by atoms with E-state index < -0.39 is 0 Å². The van der Waals surface area contributed by atoms with Crippen LogP contribution in [0.3, 0.4) is 0 Å². The lowest BCUT2D eigenvalue weighted by atomic mass is 9.72. The van der Waals surface area contributed by atoms with Crippen molar-refractivity contribution in [2.45, 2.75) is 64.3 Å². The largest absolute Gasteiger partial charge is 0.271 e. The number of hydrazine groups is 1. The van der Waals surface area contributed by atoms with Crippen molar-refractivity contribution >= 4 is 0 Å². The molecule has 0 aromatic heterocycles. The highest BCUT2D eigenvalue weighted by Crippen LogP contribution is 2.39. The van der Waals surface area contributed by atoms with Crippen LogP contribution in [0.4, 0.5) is 0 Å². The zero-order valence-corrected chi connectivity index (χ0v) is 12.4. The molecule has 2 rings (SSSR count). The van der Waals surface area contributed by atoms with Gasteiger partial charge in [0.05, 0.1) is 0 Å². The lowest BCUT2D eigenvalue weighted by Gasteiger charge is -2.35. The van der Waals surface area contributed by atoms with Gasteiger partial charge in [-0.05, 0) is 48.6 Å². The van der Waals surface area contributed by atoms with Crippen LogP contribution in [0.1, 0.15) is 63.0 Å². The Morgan fingerprint density at radius 2 is 1.89 bits per heavy atom. The Morgan fingerprint density at radius 1 is 1.21 bits per heavy atom. The smallest absolute Gasteiger partial charge is 0.0244 e. The second-order valence-corrected chi connectivity index (χ2v) is 5.95. The predicted molar refractivity (Wildman–Crippen MR) is 81.9 cm³/mol. The lowest BCUT2D eigenvalue weighted by molar-refractivity contribution is 0.278. The molecule has 0 amide bonds. The van der Waals surface area contributed by atoms with E-state index in [-0.39, 0.29) is 0 Å². The van der Waals surface area contributed by atoms with E-state index in [0.717, 1.165) is 5.92 Å². The summed E-state index contributed by atoms with van der Waals surface area (Å²) in [6.07, 6.45) is 7.51. The van der Waals surface area contributed by atoms with Crippen LogP contribution in [0.25, 0.3) is 0 Å². The summed E-state index contributed by atoms with van der Waals surface area (Å²) in [4.78, 5) is 0. The summed E-state index contributed by atoms with van der Waals surface area (Å²) in [5, 5.41) is 0. The Morgan fingerprint density at radius 3 is 2.47 bits per heavy atom. The Kier molecular flexibility index (Phi) is 5.41. The van der Waals surface area contributed by atoms with Gasteiger partial charge in [0.2, 0.25) is 0 Å². The molecule has 3 N–H and O–H groups in total. The van der Waals surface area contributed by atoms with E-state index in [1.165, 1.54) is 44.1 Å². The van der Waals surface area contributed by atoms with E-state index >= 15 is 0 Å². The Bertz CT molecular complexity index is 383. The molecule has 0 bridgehead atoms. The molecule has 1 aliphatic rings. The molecule has 0 saturated heterocycles. The molecule has 0 saturated carbocycles. The first-order valence-corrected chi connectivity index (χ1v) is 7.84. The van der Waals surface area contributed by atoms with Gasteiger partial charge in [-0.3, -0.25) is 11.3 Å². The summed E-state index contributed by atoms with van der Waals surface area (Å²) in [5.41, 5.74) is 6.19. The van der Waals surface area contributed by atoms with E-state index in [9.17, 15) is 0 Å². The normalized spacial score (nSPS) is 19.1. The zero-order valence-electron chi connectivity index (χ0n) is 12.4. The fourth-order valence-corrected chi connectivity index (χ4v) is 3.56. The highest BCUT2D eigenvalue weighted by molar-refractivity contribution is 5.39. The minimum absolute atomic E-state index is 0.471. The molecule has 0 heterocycles. The van der Waals surface area contributed by atoms with Gasteiger partial charge >= 0.3 is 0 Å². The number of nitrogens with two attached hydrogens (primary N) is 1. The topological polar surface area (TPSA) is 38.0 Å². The first-order chi connectivity index (χ1) is 9.30. The summed E-state index contributed by atoms with van der Waals surface area (Å²) in [5.74, 6) is 7.28. The number of fused-ring (bicyclic) bond motifs is 1. The molecule has 0 radical (unpaired) electrons. The van der Waals surface area contributed by atoms with E-state index in [0.29, 0.717) is 12.0 Å². The molecule has 1 aromatic rings. The molecule has 0 aliphatic heterocycles. The Hall–Kier alpha value is -0.860. The van der Waals surface area contributed by atoms with Crippen molar-refractivity contribution in [3.8, 4) is 0 Å². The minimum Gasteiger partial charge on any atom is -0.271 e. The van der Waals surface area contributed by atoms with Crippen molar-refractivity contribution in [1.29, 1.82) is 0 Å². The van der Waals surface area contributed by atoms with Crippen LogP contribution in [0.2, 0.25) is 0 Å². The summed E-state index contributed by atoms with van der Waals surface area (Å²) in [6, 6.07) is 9.31. The highest BCUT2D eigenvalue weighted by atomic mass is 15.2. The van der Waals surface area contributed by atoms with Gasteiger partial charge < -0.3 is 0 Å². The quantitative estimate of drug-likeness (QED) is 0.551. The first kappa shape index (κ1) is 14.5. The number of hydrogen-bond donors (Lipinski definition) is 2. The summed E-state index contributed by atoms with van der Waals surface area (Å²) in [7, 11) is 0. The van der Waals surface area contributed by atoms with Crippen molar-refractivity contribution in [2.75, 3.05) is 0 Å². The van der Waals surface area contributed by atoms with Crippen LogP contribution in [0.15, 0.2) is 24.3 Å². The molecule has 0 spiro atoms. The maximum Gasteiger partial charge on any atom is 0.0244 e. The number of benzene rings is 1. The van der Waals surface area contributed by atoms with E-state index in [2.05, 4.69) is 43.5 Å². The zero-order chi connectivity index (χ0) is 13.7. The van der Waals surface area contributed by atoms with E-state index in [1.807, 2.05) is 0 Å². The molecule has 2 unspecified atom stereocenters. The summed E-state index contributed by atoms with van der Waals surface area (Å²) < 4.78 is 0. The SMILES string of the molecule is CCCC(CCC)C(CC1Cc2ccccc21)NN. The van der Waals surface area contributed by atoms with Gasteiger partial charge in [-0.25, -0.2) is 0 Å². The van der Waals surface area contributed by atoms with Gasteiger partial charge in [-0.1, -0.05) is 51.0 Å². The number of nitrogens with one attached hydrogen (secondary N) is 1. The monoisotopic (exact) mass is 260 g/mol. The van der Waals surface area contributed by atoms with Gasteiger partial charge in [-0.15, -0.1) is 0 Å². The van der Waals surface area contributed by atoms with Gasteiger partial charge in [0.15, 0.2) is 0 Å². The fraction of sp³-hybridized carbons (Fsp3) is 0.647. The molecule has 0 fully saturated rings. The van der Waals surface area contributed by atoms with Crippen molar-refractivity contribution in [3.05, 3.63) is 35.4 Å². The molecule has 2 nitrogen and oxygen atoms in total.